The van der Waals surface area contributed by atoms with Crippen LogP contribution in [0.5, 0.6) is 5.75 Å². The first-order valence-corrected chi connectivity index (χ1v) is 10.8. The fraction of sp³-hybridized carbons (Fsp3) is 0.125. The number of benzene rings is 2. The van der Waals surface area contributed by atoms with E-state index < -0.39 is 5.91 Å². The number of thioether (sulfide) groups is 1. The molecular formula is C24H20N2O5S. The van der Waals surface area contributed by atoms with Crippen LogP contribution in [0.3, 0.4) is 0 Å². The van der Waals surface area contributed by atoms with Crippen LogP contribution in [-0.2, 0) is 11.4 Å². The van der Waals surface area contributed by atoms with E-state index >= 15 is 0 Å². The minimum Gasteiger partial charge on any atom is -0.489 e. The molecular weight excluding hydrogens is 428 g/mol. The Morgan fingerprint density at radius 3 is 2.50 bits per heavy atom. The lowest BCUT2D eigenvalue weighted by Gasteiger charge is -2.13. The Morgan fingerprint density at radius 1 is 1.03 bits per heavy atom. The van der Waals surface area contributed by atoms with Crippen LogP contribution >= 0.6 is 11.8 Å². The Kier molecular flexibility index (Phi) is 6.72. The summed E-state index contributed by atoms with van der Waals surface area (Å²) in [6.45, 7) is 0.352. The van der Waals surface area contributed by atoms with E-state index in [0.29, 0.717) is 16.2 Å². The van der Waals surface area contributed by atoms with Crippen LogP contribution in [0, 0.1) is 0 Å². The van der Waals surface area contributed by atoms with Crippen molar-refractivity contribution in [3.05, 3.63) is 94.8 Å². The number of carbonyl (C=O) groups is 3. The predicted octanol–water partition coefficient (Wildman–Crippen LogP) is 4.32. The molecule has 32 heavy (non-hydrogen) atoms. The molecule has 162 valence electrons. The van der Waals surface area contributed by atoms with Gasteiger partial charge in [-0.15, -0.1) is 0 Å². The quantitative estimate of drug-likeness (QED) is 0.516. The van der Waals surface area contributed by atoms with Gasteiger partial charge in [0.25, 0.3) is 17.1 Å². The maximum Gasteiger partial charge on any atom is 0.293 e. The van der Waals surface area contributed by atoms with Gasteiger partial charge < -0.3 is 14.5 Å². The highest BCUT2D eigenvalue weighted by Gasteiger charge is 2.34. The number of amides is 3. The number of hydrogen-bond donors (Lipinski definition) is 1. The Labute approximate surface area is 189 Å². The summed E-state index contributed by atoms with van der Waals surface area (Å²) in [5, 5.41) is 2.33. The number of carbonyl (C=O) groups excluding carboxylic acids is 3. The molecule has 8 heteroatoms. The summed E-state index contributed by atoms with van der Waals surface area (Å²) in [5.74, 6) is 0.0172. The van der Waals surface area contributed by atoms with Crippen molar-refractivity contribution in [3.63, 3.8) is 0 Å². The predicted molar refractivity (Wildman–Crippen MR) is 121 cm³/mol. The van der Waals surface area contributed by atoms with E-state index in [-0.39, 0.29) is 36.6 Å². The molecule has 2 aromatic carbocycles. The topological polar surface area (TPSA) is 88.9 Å². The zero-order valence-corrected chi connectivity index (χ0v) is 17.8. The summed E-state index contributed by atoms with van der Waals surface area (Å²) >= 11 is 0.891. The SMILES string of the molecule is O=C(NCCN1C(=O)SC(=Cc2ccccc2)C1=O)c1occc1COc1ccccc1. The Morgan fingerprint density at radius 2 is 1.75 bits per heavy atom. The number of imide groups is 1. The van der Waals surface area contributed by atoms with Crippen LogP contribution in [0.25, 0.3) is 6.08 Å². The molecule has 4 rings (SSSR count). The lowest BCUT2D eigenvalue weighted by Crippen LogP contribution is -2.37. The number of ether oxygens (including phenoxy) is 1. The Bertz CT molecular complexity index is 1140. The lowest BCUT2D eigenvalue weighted by atomic mass is 10.2. The largest absolute Gasteiger partial charge is 0.489 e. The number of rotatable bonds is 8. The molecule has 0 saturated carbocycles. The second-order valence-corrected chi connectivity index (χ2v) is 7.87. The van der Waals surface area contributed by atoms with E-state index in [2.05, 4.69) is 5.32 Å². The summed E-state index contributed by atoms with van der Waals surface area (Å²) < 4.78 is 11.0. The molecule has 1 N–H and O–H groups in total. The average molecular weight is 449 g/mol. The smallest absolute Gasteiger partial charge is 0.293 e. The van der Waals surface area contributed by atoms with Gasteiger partial charge in [0, 0.05) is 18.7 Å². The van der Waals surface area contributed by atoms with Crippen molar-refractivity contribution in [1.82, 2.24) is 10.2 Å². The summed E-state index contributed by atoms with van der Waals surface area (Å²) in [6.07, 6.45) is 3.11. The molecule has 3 aromatic rings. The lowest BCUT2D eigenvalue weighted by molar-refractivity contribution is -0.122. The maximum absolute atomic E-state index is 12.6. The van der Waals surface area contributed by atoms with Crippen LogP contribution in [0.15, 0.2) is 82.3 Å². The molecule has 0 atom stereocenters. The van der Waals surface area contributed by atoms with E-state index in [1.54, 1.807) is 12.1 Å². The number of hydrogen-bond acceptors (Lipinski definition) is 6. The van der Waals surface area contributed by atoms with Crippen molar-refractivity contribution in [2.45, 2.75) is 6.61 Å². The molecule has 2 heterocycles. The van der Waals surface area contributed by atoms with Crippen LogP contribution in [-0.4, -0.2) is 35.0 Å². The number of furan rings is 1. The van der Waals surface area contributed by atoms with Gasteiger partial charge in [0.05, 0.1) is 11.2 Å². The zero-order valence-electron chi connectivity index (χ0n) is 17.0. The third-order valence-electron chi connectivity index (χ3n) is 4.68. The second kappa shape index (κ2) is 10.0. The molecule has 0 radical (unpaired) electrons. The third kappa shape index (κ3) is 5.09. The van der Waals surface area contributed by atoms with E-state index in [9.17, 15) is 14.4 Å². The molecule has 1 aliphatic heterocycles. The van der Waals surface area contributed by atoms with Crippen LogP contribution in [0.2, 0.25) is 0 Å². The molecule has 1 aromatic heterocycles. The summed E-state index contributed by atoms with van der Waals surface area (Å²) in [5.41, 5.74) is 1.44. The zero-order chi connectivity index (χ0) is 22.3. The van der Waals surface area contributed by atoms with Gasteiger partial charge in [0.1, 0.15) is 12.4 Å². The van der Waals surface area contributed by atoms with Gasteiger partial charge in [-0.3, -0.25) is 19.3 Å². The Balaban J connectivity index is 1.31. The average Bonchev–Trinajstić information content (AvgIpc) is 3.39. The highest BCUT2D eigenvalue weighted by Crippen LogP contribution is 2.31. The molecule has 0 aliphatic carbocycles. The van der Waals surface area contributed by atoms with Gasteiger partial charge in [-0.25, -0.2) is 0 Å². The fourth-order valence-electron chi connectivity index (χ4n) is 3.08. The fourth-order valence-corrected chi connectivity index (χ4v) is 3.95. The van der Waals surface area contributed by atoms with Crippen molar-refractivity contribution in [2.75, 3.05) is 13.1 Å². The first kappa shape index (κ1) is 21.5. The van der Waals surface area contributed by atoms with Crippen molar-refractivity contribution >= 4 is 34.9 Å². The van der Waals surface area contributed by atoms with Gasteiger partial charge in [-0.1, -0.05) is 48.5 Å². The molecule has 7 nitrogen and oxygen atoms in total. The maximum atomic E-state index is 12.6. The monoisotopic (exact) mass is 448 g/mol. The van der Waals surface area contributed by atoms with Crippen molar-refractivity contribution < 1.29 is 23.5 Å². The van der Waals surface area contributed by atoms with Gasteiger partial charge in [0.2, 0.25) is 0 Å². The number of nitrogens with one attached hydrogen (secondary N) is 1. The van der Waals surface area contributed by atoms with Crippen molar-refractivity contribution in [1.29, 1.82) is 0 Å². The van der Waals surface area contributed by atoms with E-state index in [4.69, 9.17) is 9.15 Å². The van der Waals surface area contributed by atoms with Gasteiger partial charge in [-0.2, -0.15) is 0 Å². The first-order valence-electron chi connectivity index (χ1n) is 9.94. The second-order valence-electron chi connectivity index (χ2n) is 6.88. The van der Waals surface area contributed by atoms with Crippen LogP contribution in [0.1, 0.15) is 21.7 Å². The van der Waals surface area contributed by atoms with Crippen LogP contribution in [0.4, 0.5) is 4.79 Å². The van der Waals surface area contributed by atoms with Crippen molar-refractivity contribution in [3.8, 4) is 5.75 Å². The molecule has 1 aliphatic rings. The third-order valence-corrected chi connectivity index (χ3v) is 5.59. The van der Waals surface area contributed by atoms with Crippen LogP contribution < -0.4 is 10.1 Å². The highest BCUT2D eigenvalue weighted by atomic mass is 32.2. The molecule has 0 bridgehead atoms. The first-order chi connectivity index (χ1) is 15.6. The molecule has 1 saturated heterocycles. The molecule has 0 spiro atoms. The minimum absolute atomic E-state index is 0.0685. The van der Waals surface area contributed by atoms with E-state index in [0.717, 1.165) is 22.2 Å². The summed E-state index contributed by atoms with van der Waals surface area (Å²) in [6, 6.07) is 20.2. The Hall–Kier alpha value is -3.78. The summed E-state index contributed by atoms with van der Waals surface area (Å²) in [4.78, 5) is 38.8. The normalized spacial score (nSPS) is 14.8. The van der Waals surface area contributed by atoms with Crippen molar-refractivity contribution in [2.24, 2.45) is 0 Å². The molecule has 1 fully saturated rings. The molecule has 3 amide bonds. The van der Waals surface area contributed by atoms with Gasteiger partial charge in [0.15, 0.2) is 5.76 Å². The number of nitrogens with zero attached hydrogens (tertiary/aromatic N) is 1. The van der Waals surface area contributed by atoms with Gasteiger partial charge >= 0.3 is 0 Å². The highest BCUT2D eigenvalue weighted by molar-refractivity contribution is 8.18. The molecule has 0 unspecified atom stereocenters. The number of para-hydroxylation sites is 1. The van der Waals surface area contributed by atoms with E-state index in [1.807, 2.05) is 60.7 Å². The van der Waals surface area contributed by atoms with E-state index in [1.165, 1.54) is 6.26 Å². The standard InChI is InChI=1S/C24H20N2O5S/c27-22(21-18(11-14-30-21)16-31-19-9-5-2-6-10-19)25-12-13-26-23(28)20(32-24(26)29)15-17-7-3-1-4-8-17/h1-11,14-15H,12-13,16H2,(H,25,27). The van der Waals surface area contributed by atoms with Gasteiger partial charge in [-0.05, 0) is 41.6 Å². The minimum atomic E-state index is -0.437. The summed E-state index contributed by atoms with van der Waals surface area (Å²) in [7, 11) is 0.